The van der Waals surface area contributed by atoms with Crippen LogP contribution in [0.1, 0.15) is 73.2 Å². The minimum absolute atomic E-state index is 0.441. The first kappa shape index (κ1) is 26.8. The summed E-state index contributed by atoms with van der Waals surface area (Å²) in [5.41, 5.74) is 9.35. The van der Waals surface area contributed by atoms with E-state index in [0.29, 0.717) is 6.04 Å². The van der Waals surface area contributed by atoms with Crippen molar-refractivity contribution in [3.05, 3.63) is 76.0 Å². The molecule has 0 radical (unpaired) electrons. The molecule has 1 saturated heterocycles. The van der Waals surface area contributed by atoms with Gasteiger partial charge in [-0.1, -0.05) is 63.2 Å². The van der Waals surface area contributed by atoms with E-state index < -0.39 is 0 Å². The third kappa shape index (κ3) is 5.37. The van der Waals surface area contributed by atoms with Gasteiger partial charge in [-0.25, -0.2) is 9.97 Å². The van der Waals surface area contributed by atoms with Gasteiger partial charge in [-0.05, 0) is 74.9 Å². The molecule has 0 unspecified atom stereocenters. The summed E-state index contributed by atoms with van der Waals surface area (Å²) in [6, 6.07) is 16.1. The molecule has 5 heteroatoms. The largest absolute Gasteiger partial charge is 0.354 e. The van der Waals surface area contributed by atoms with Gasteiger partial charge in [0.2, 0.25) is 0 Å². The summed E-state index contributed by atoms with van der Waals surface area (Å²) in [5.74, 6) is 2.05. The SMILES string of the molecule is CCc1cccc(CC)c1-c1nc(C)c(CN(C)[C@H]2CCCc3ccccc32)c(N2CCN(CC)CC2)n1. The molecule has 2 aliphatic rings. The summed E-state index contributed by atoms with van der Waals surface area (Å²) >= 11 is 0. The average molecular weight is 512 g/mol. The van der Waals surface area contributed by atoms with Crippen molar-refractivity contribution >= 4 is 5.82 Å². The van der Waals surface area contributed by atoms with Crippen LogP contribution in [-0.2, 0) is 25.8 Å². The molecule has 38 heavy (non-hydrogen) atoms. The van der Waals surface area contributed by atoms with Gasteiger partial charge in [-0.2, -0.15) is 0 Å². The number of hydrogen-bond donors (Lipinski definition) is 0. The number of anilines is 1. The summed E-state index contributed by atoms with van der Waals surface area (Å²) in [7, 11) is 2.29. The molecule has 0 saturated carbocycles. The fourth-order valence-electron chi connectivity index (χ4n) is 6.49. The van der Waals surface area contributed by atoms with Crippen molar-refractivity contribution in [1.29, 1.82) is 0 Å². The summed E-state index contributed by atoms with van der Waals surface area (Å²) in [4.78, 5) is 18.2. The summed E-state index contributed by atoms with van der Waals surface area (Å²) in [6.07, 6.45) is 5.63. The number of benzene rings is 2. The normalized spacial score (nSPS) is 18.2. The molecule has 3 aromatic rings. The number of fused-ring (bicyclic) bond motifs is 1. The molecule has 0 amide bonds. The lowest BCUT2D eigenvalue weighted by Gasteiger charge is -2.37. The van der Waals surface area contributed by atoms with E-state index in [1.54, 1.807) is 0 Å². The Bertz CT molecular complexity index is 1220. The summed E-state index contributed by atoms with van der Waals surface area (Å²) in [5, 5.41) is 0. The minimum Gasteiger partial charge on any atom is -0.354 e. The Hall–Kier alpha value is -2.76. The standard InChI is InChI=1S/C33H45N5/c1-6-25-14-11-15-26(7-2)31(25)32-34-24(4)29(33(35-32)38-21-19-37(8-3)20-22-38)23-36(5)30-18-12-16-27-13-9-10-17-28(27)30/h9-11,13-15,17,30H,6-8,12,16,18-23H2,1-5H3/t30-/m0/s1. The van der Waals surface area contributed by atoms with Crippen molar-refractivity contribution in [3.63, 3.8) is 0 Å². The predicted molar refractivity (Wildman–Crippen MR) is 159 cm³/mol. The molecule has 1 aliphatic heterocycles. The van der Waals surface area contributed by atoms with Gasteiger partial charge in [-0.3, -0.25) is 4.90 Å². The van der Waals surface area contributed by atoms with Crippen molar-refractivity contribution in [2.75, 3.05) is 44.7 Å². The van der Waals surface area contributed by atoms with Crippen molar-refractivity contribution in [2.45, 2.75) is 72.4 Å². The van der Waals surface area contributed by atoms with Crippen LogP contribution in [0.25, 0.3) is 11.4 Å². The summed E-state index contributed by atoms with van der Waals surface area (Å²) < 4.78 is 0. The zero-order chi connectivity index (χ0) is 26.6. The Balaban J connectivity index is 1.55. The number of rotatable bonds is 8. The molecule has 0 N–H and O–H groups in total. The highest BCUT2D eigenvalue weighted by atomic mass is 15.3. The molecule has 5 nitrogen and oxygen atoms in total. The maximum atomic E-state index is 5.41. The van der Waals surface area contributed by atoms with E-state index in [1.807, 2.05) is 0 Å². The molecular formula is C33H45N5. The molecule has 2 heterocycles. The van der Waals surface area contributed by atoms with Gasteiger partial charge < -0.3 is 9.80 Å². The van der Waals surface area contributed by atoms with Crippen LogP contribution >= 0.6 is 0 Å². The second-order valence-corrected chi connectivity index (χ2v) is 11.0. The van der Waals surface area contributed by atoms with Gasteiger partial charge in [0.25, 0.3) is 0 Å². The molecule has 0 bridgehead atoms. The quantitative estimate of drug-likeness (QED) is 0.358. The Kier molecular flexibility index (Phi) is 8.45. The van der Waals surface area contributed by atoms with Crippen molar-refractivity contribution in [3.8, 4) is 11.4 Å². The number of aromatic nitrogens is 2. The number of hydrogen-bond acceptors (Lipinski definition) is 5. The van der Waals surface area contributed by atoms with Gasteiger partial charge in [0.05, 0.1) is 0 Å². The first-order valence-corrected chi connectivity index (χ1v) is 14.8. The lowest BCUT2D eigenvalue weighted by atomic mass is 9.87. The molecule has 5 rings (SSSR count). The maximum Gasteiger partial charge on any atom is 0.162 e. The van der Waals surface area contributed by atoms with E-state index in [0.717, 1.165) is 69.4 Å². The van der Waals surface area contributed by atoms with E-state index in [1.165, 1.54) is 52.6 Å². The van der Waals surface area contributed by atoms with E-state index >= 15 is 0 Å². The van der Waals surface area contributed by atoms with Crippen molar-refractivity contribution in [2.24, 2.45) is 0 Å². The Morgan fingerprint density at radius 1 is 0.895 bits per heavy atom. The molecule has 2 aromatic carbocycles. The predicted octanol–water partition coefficient (Wildman–Crippen LogP) is 6.23. The zero-order valence-electron chi connectivity index (χ0n) is 24.1. The fourth-order valence-corrected chi connectivity index (χ4v) is 6.49. The van der Waals surface area contributed by atoms with Crippen LogP contribution < -0.4 is 4.90 Å². The third-order valence-electron chi connectivity index (χ3n) is 8.81. The van der Waals surface area contributed by atoms with Gasteiger partial charge >= 0.3 is 0 Å². The van der Waals surface area contributed by atoms with E-state index in [9.17, 15) is 0 Å². The Labute approximate surface area is 229 Å². The Morgan fingerprint density at radius 2 is 1.61 bits per heavy atom. The second kappa shape index (κ2) is 12.0. The topological polar surface area (TPSA) is 35.5 Å². The highest BCUT2D eigenvalue weighted by Crippen LogP contribution is 2.36. The molecule has 1 fully saturated rings. The minimum atomic E-state index is 0.441. The van der Waals surface area contributed by atoms with Crippen LogP contribution in [0.2, 0.25) is 0 Å². The Morgan fingerprint density at radius 3 is 2.29 bits per heavy atom. The van der Waals surface area contributed by atoms with Crippen molar-refractivity contribution in [1.82, 2.24) is 19.8 Å². The summed E-state index contributed by atoms with van der Waals surface area (Å²) in [6.45, 7) is 15.1. The van der Waals surface area contributed by atoms with Crippen molar-refractivity contribution < 1.29 is 0 Å². The molecule has 0 spiro atoms. The first-order chi connectivity index (χ1) is 18.5. The van der Waals surface area contributed by atoms with Gasteiger partial charge in [0, 0.05) is 55.6 Å². The van der Waals surface area contributed by atoms with Crippen LogP contribution in [0.5, 0.6) is 0 Å². The smallest absolute Gasteiger partial charge is 0.162 e. The van der Waals surface area contributed by atoms with Crippen LogP contribution in [0.3, 0.4) is 0 Å². The second-order valence-electron chi connectivity index (χ2n) is 11.0. The molecule has 202 valence electrons. The molecule has 1 aliphatic carbocycles. The number of piperazine rings is 1. The van der Waals surface area contributed by atoms with E-state index in [2.05, 4.69) is 91.9 Å². The maximum absolute atomic E-state index is 5.41. The first-order valence-electron chi connectivity index (χ1n) is 14.8. The van der Waals surface area contributed by atoms with Gasteiger partial charge in [-0.15, -0.1) is 0 Å². The molecular weight excluding hydrogens is 466 g/mol. The van der Waals surface area contributed by atoms with Gasteiger partial charge in [0.1, 0.15) is 5.82 Å². The molecule has 1 aromatic heterocycles. The fraction of sp³-hybridized carbons (Fsp3) is 0.515. The van der Waals surface area contributed by atoms with E-state index in [4.69, 9.17) is 9.97 Å². The highest BCUT2D eigenvalue weighted by molar-refractivity contribution is 5.68. The number of likely N-dealkylation sites (N-methyl/N-ethyl adjacent to an activating group) is 1. The van der Waals surface area contributed by atoms with Crippen LogP contribution in [0, 0.1) is 6.92 Å². The van der Waals surface area contributed by atoms with Crippen LogP contribution in [-0.4, -0.2) is 59.5 Å². The average Bonchev–Trinajstić information content (AvgIpc) is 2.97. The third-order valence-corrected chi connectivity index (χ3v) is 8.81. The lowest BCUT2D eigenvalue weighted by molar-refractivity contribution is 0.212. The zero-order valence-corrected chi connectivity index (χ0v) is 24.1. The highest BCUT2D eigenvalue weighted by Gasteiger charge is 2.28. The molecule has 1 atom stereocenters. The van der Waals surface area contributed by atoms with Crippen LogP contribution in [0.15, 0.2) is 42.5 Å². The monoisotopic (exact) mass is 511 g/mol. The number of nitrogens with zero attached hydrogens (tertiary/aromatic N) is 5. The van der Waals surface area contributed by atoms with Gasteiger partial charge in [0.15, 0.2) is 5.82 Å². The lowest BCUT2D eigenvalue weighted by Crippen LogP contribution is -2.47. The van der Waals surface area contributed by atoms with E-state index in [-0.39, 0.29) is 0 Å². The number of aryl methyl sites for hydroxylation is 4. The van der Waals surface area contributed by atoms with Crippen LogP contribution in [0.4, 0.5) is 5.82 Å².